The number of rotatable bonds is 4. The molecule has 154 valence electrons. The molecule has 0 saturated heterocycles. The number of hydrogen-bond acceptors (Lipinski definition) is 4. The Morgan fingerprint density at radius 3 is 2.70 bits per heavy atom. The molecule has 5 nitrogen and oxygen atoms in total. The summed E-state index contributed by atoms with van der Waals surface area (Å²) < 4.78 is 27.8. The Hall–Kier alpha value is -3.06. The number of guanidine groups is 1. The molecule has 30 heavy (non-hydrogen) atoms. The Kier molecular flexibility index (Phi) is 4.83. The summed E-state index contributed by atoms with van der Waals surface area (Å²) in [5.74, 6) is -0.0755. The van der Waals surface area contributed by atoms with Gasteiger partial charge in [-0.15, -0.1) is 0 Å². The second kappa shape index (κ2) is 7.65. The van der Waals surface area contributed by atoms with Gasteiger partial charge in [-0.3, -0.25) is 19.6 Å². The monoisotopic (exact) mass is 408 g/mol. The van der Waals surface area contributed by atoms with E-state index in [0.29, 0.717) is 31.2 Å². The average molecular weight is 408 g/mol. The Labute approximate surface area is 173 Å². The van der Waals surface area contributed by atoms with Crippen LogP contribution in [0.25, 0.3) is 0 Å². The maximum Gasteiger partial charge on any atom is 0.259 e. The smallest absolute Gasteiger partial charge is 0.259 e. The maximum atomic E-state index is 14.2. The normalized spacial score (nSPS) is 19.1. The van der Waals surface area contributed by atoms with Crippen LogP contribution in [0, 0.1) is 11.6 Å². The molecule has 0 spiro atoms. The number of halogens is 2. The first-order valence-electron chi connectivity index (χ1n) is 10.2. The molecule has 3 aliphatic heterocycles. The zero-order chi connectivity index (χ0) is 20.7. The van der Waals surface area contributed by atoms with E-state index in [1.807, 2.05) is 6.07 Å². The molecule has 0 unspecified atom stereocenters. The quantitative estimate of drug-likeness (QED) is 0.780. The van der Waals surface area contributed by atoms with Crippen molar-refractivity contribution in [1.29, 1.82) is 0 Å². The van der Waals surface area contributed by atoms with Crippen molar-refractivity contribution >= 4 is 11.9 Å². The third-order valence-electron chi connectivity index (χ3n) is 5.87. The molecule has 3 heterocycles. The van der Waals surface area contributed by atoms with E-state index in [4.69, 9.17) is 0 Å². The largest absolute Gasteiger partial charge is 0.314 e. The molecule has 0 aromatic heterocycles. The van der Waals surface area contributed by atoms with Gasteiger partial charge in [-0.05, 0) is 23.8 Å². The molecule has 0 N–H and O–H groups in total. The first-order valence-corrected chi connectivity index (χ1v) is 10.2. The number of aliphatic imine (C=N–C) groups is 1. The average Bonchev–Trinajstić information content (AvgIpc) is 3.22. The van der Waals surface area contributed by atoms with Crippen LogP contribution in [0.2, 0.25) is 0 Å². The zero-order valence-electron chi connectivity index (χ0n) is 16.5. The van der Waals surface area contributed by atoms with Crippen molar-refractivity contribution in [1.82, 2.24) is 14.7 Å². The van der Waals surface area contributed by atoms with Crippen molar-refractivity contribution < 1.29 is 13.6 Å². The Morgan fingerprint density at radius 2 is 1.87 bits per heavy atom. The minimum atomic E-state index is -0.327. The van der Waals surface area contributed by atoms with Crippen LogP contribution >= 0.6 is 0 Å². The number of fused-ring (bicyclic) bond motifs is 2. The highest BCUT2D eigenvalue weighted by Gasteiger charge is 2.41. The minimum absolute atomic E-state index is 0.117. The minimum Gasteiger partial charge on any atom is -0.314 e. The summed E-state index contributed by atoms with van der Waals surface area (Å²) in [7, 11) is 0. The lowest BCUT2D eigenvalue weighted by atomic mass is 10.00. The Balaban J connectivity index is 1.41. The Morgan fingerprint density at radius 1 is 1.00 bits per heavy atom. The topological polar surface area (TPSA) is 39.2 Å². The lowest BCUT2D eigenvalue weighted by Gasteiger charge is -2.42. The van der Waals surface area contributed by atoms with E-state index < -0.39 is 0 Å². The van der Waals surface area contributed by atoms with Gasteiger partial charge in [-0.25, -0.2) is 8.78 Å². The SMILES string of the molecule is O=C1C2=C(CCN(Cc3cccc(F)c3)C2)N2CCN=C2N1Cc1ccccc1F. The van der Waals surface area contributed by atoms with Crippen molar-refractivity contribution in [2.24, 2.45) is 4.99 Å². The third-order valence-corrected chi connectivity index (χ3v) is 5.87. The lowest BCUT2D eigenvalue weighted by Crippen LogP contribution is -2.53. The Bertz CT molecular complexity index is 1060. The van der Waals surface area contributed by atoms with Crippen LogP contribution in [0.4, 0.5) is 8.78 Å². The lowest BCUT2D eigenvalue weighted by molar-refractivity contribution is -0.125. The van der Waals surface area contributed by atoms with E-state index in [1.54, 1.807) is 29.2 Å². The van der Waals surface area contributed by atoms with Crippen LogP contribution in [-0.4, -0.2) is 52.7 Å². The predicted molar refractivity (Wildman–Crippen MR) is 109 cm³/mol. The predicted octanol–water partition coefficient (Wildman–Crippen LogP) is 3.14. The van der Waals surface area contributed by atoms with Crippen molar-refractivity contribution in [3.63, 3.8) is 0 Å². The van der Waals surface area contributed by atoms with Gasteiger partial charge in [-0.2, -0.15) is 0 Å². The summed E-state index contributed by atoms with van der Waals surface area (Å²) in [6, 6.07) is 13.1. The fraction of sp³-hybridized carbons (Fsp3) is 0.304. The molecule has 7 heteroatoms. The molecule has 2 aromatic rings. The summed E-state index contributed by atoms with van der Waals surface area (Å²) >= 11 is 0. The zero-order valence-corrected chi connectivity index (χ0v) is 16.5. The van der Waals surface area contributed by atoms with Crippen molar-refractivity contribution in [2.45, 2.75) is 19.5 Å². The van der Waals surface area contributed by atoms with Gasteiger partial charge >= 0.3 is 0 Å². The van der Waals surface area contributed by atoms with Gasteiger partial charge in [0.05, 0.1) is 18.7 Å². The van der Waals surface area contributed by atoms with E-state index in [0.717, 1.165) is 36.3 Å². The number of benzene rings is 2. The van der Waals surface area contributed by atoms with Gasteiger partial charge in [0.15, 0.2) is 0 Å². The number of amides is 1. The molecule has 0 radical (unpaired) electrons. The third kappa shape index (κ3) is 3.39. The van der Waals surface area contributed by atoms with Gasteiger partial charge in [0.2, 0.25) is 5.96 Å². The van der Waals surface area contributed by atoms with E-state index in [2.05, 4.69) is 14.8 Å². The molecule has 0 atom stereocenters. The van der Waals surface area contributed by atoms with Gasteiger partial charge in [-0.1, -0.05) is 30.3 Å². The van der Waals surface area contributed by atoms with Gasteiger partial charge in [0.1, 0.15) is 11.6 Å². The highest BCUT2D eigenvalue weighted by atomic mass is 19.1. The van der Waals surface area contributed by atoms with Crippen molar-refractivity contribution in [3.8, 4) is 0 Å². The second-order valence-corrected chi connectivity index (χ2v) is 7.83. The summed E-state index contributed by atoms with van der Waals surface area (Å²) in [6.07, 6.45) is 0.739. The maximum absolute atomic E-state index is 14.2. The van der Waals surface area contributed by atoms with Crippen molar-refractivity contribution in [2.75, 3.05) is 26.2 Å². The molecular weight excluding hydrogens is 386 g/mol. The second-order valence-electron chi connectivity index (χ2n) is 7.83. The van der Waals surface area contributed by atoms with Crippen LogP contribution in [-0.2, 0) is 17.9 Å². The first kappa shape index (κ1) is 18.9. The number of hydrogen-bond donors (Lipinski definition) is 0. The van der Waals surface area contributed by atoms with Crippen LogP contribution in [0.3, 0.4) is 0 Å². The number of nitrogens with zero attached hydrogens (tertiary/aromatic N) is 4. The standard InChI is InChI=1S/C23H22F2N4O/c24-18-6-3-4-16(12-18)13-27-10-8-21-19(15-27)22(30)29(23-26-9-11-28(21)23)14-17-5-1-2-7-20(17)25/h1-7,12H,8-11,13-15H2. The van der Waals surface area contributed by atoms with Gasteiger partial charge in [0.25, 0.3) is 5.91 Å². The summed E-state index contributed by atoms with van der Waals surface area (Å²) in [6.45, 7) is 3.37. The fourth-order valence-electron chi connectivity index (χ4n) is 4.44. The molecule has 0 aliphatic carbocycles. The van der Waals surface area contributed by atoms with E-state index in [1.165, 1.54) is 18.2 Å². The molecule has 3 aliphatic rings. The van der Waals surface area contributed by atoms with Crippen molar-refractivity contribution in [3.05, 3.63) is 82.6 Å². The molecule has 0 saturated carbocycles. The van der Waals surface area contributed by atoms with E-state index in [9.17, 15) is 13.6 Å². The van der Waals surface area contributed by atoms with Crippen LogP contribution in [0.1, 0.15) is 17.5 Å². The number of carbonyl (C=O) groups is 1. The highest BCUT2D eigenvalue weighted by Crippen LogP contribution is 2.32. The molecule has 1 amide bonds. The van der Waals surface area contributed by atoms with E-state index >= 15 is 0 Å². The van der Waals surface area contributed by atoms with E-state index in [-0.39, 0.29) is 24.1 Å². The molecular formula is C23H22F2N4O. The van der Waals surface area contributed by atoms with Gasteiger partial charge in [0, 0.05) is 43.9 Å². The van der Waals surface area contributed by atoms with Crippen LogP contribution in [0.15, 0.2) is 64.8 Å². The van der Waals surface area contributed by atoms with Crippen LogP contribution < -0.4 is 0 Å². The number of carbonyl (C=O) groups excluding carboxylic acids is 1. The fourth-order valence-corrected chi connectivity index (χ4v) is 4.44. The first-order chi connectivity index (χ1) is 14.6. The summed E-state index contributed by atoms with van der Waals surface area (Å²) in [4.78, 5) is 23.8. The molecule has 0 fully saturated rings. The van der Waals surface area contributed by atoms with Gasteiger partial charge < -0.3 is 4.90 Å². The highest BCUT2D eigenvalue weighted by molar-refractivity contribution is 6.09. The molecule has 5 rings (SSSR count). The molecule has 2 aromatic carbocycles. The summed E-state index contributed by atoms with van der Waals surface area (Å²) in [5.41, 5.74) is 3.11. The molecule has 0 bridgehead atoms. The van der Waals surface area contributed by atoms with Crippen LogP contribution in [0.5, 0.6) is 0 Å². The summed E-state index contributed by atoms with van der Waals surface area (Å²) in [5, 5.41) is 0.